The molecule has 0 N–H and O–H groups in total. The van der Waals surface area contributed by atoms with E-state index in [0.717, 1.165) is 12.2 Å². The van der Waals surface area contributed by atoms with Gasteiger partial charge in [-0.15, -0.1) is 0 Å². The fraction of sp³-hybridized carbons (Fsp3) is 0.130. The number of allylic oxidation sites excluding steroid dienone is 1. The van der Waals surface area contributed by atoms with Crippen LogP contribution in [0.25, 0.3) is 6.08 Å². The molecular formula is C23H20O. The third kappa shape index (κ3) is 2.33. The van der Waals surface area contributed by atoms with Gasteiger partial charge >= 0.3 is 0 Å². The van der Waals surface area contributed by atoms with Gasteiger partial charge in [0.15, 0.2) is 0 Å². The zero-order chi connectivity index (χ0) is 16.4. The van der Waals surface area contributed by atoms with E-state index in [1.807, 2.05) is 6.07 Å². The highest BCUT2D eigenvalue weighted by molar-refractivity contribution is 5.68. The molecule has 0 saturated carbocycles. The Hall–Kier alpha value is -2.80. The van der Waals surface area contributed by atoms with E-state index in [4.69, 9.17) is 4.74 Å². The summed E-state index contributed by atoms with van der Waals surface area (Å²) in [6.45, 7) is 0. The number of rotatable bonds is 3. The molecule has 24 heavy (non-hydrogen) atoms. The standard InChI is InChI=1S/C23H20O/c1-24-22-14-8-9-18-17-23(16-15-21(18)22,19-10-4-2-5-11-19)20-12-6-3-7-13-20/h2-16H,17H2,1H3. The Morgan fingerprint density at radius 1 is 0.750 bits per heavy atom. The summed E-state index contributed by atoms with van der Waals surface area (Å²) in [7, 11) is 1.74. The molecule has 118 valence electrons. The van der Waals surface area contributed by atoms with Crippen molar-refractivity contribution in [2.45, 2.75) is 11.8 Å². The smallest absolute Gasteiger partial charge is 0.126 e. The van der Waals surface area contributed by atoms with Gasteiger partial charge in [-0.3, -0.25) is 0 Å². The Bertz CT molecular complexity index is 824. The Kier molecular flexibility index (Phi) is 3.70. The lowest BCUT2D eigenvalue weighted by atomic mass is 9.67. The van der Waals surface area contributed by atoms with Gasteiger partial charge in [0.2, 0.25) is 0 Å². The molecule has 1 nitrogen and oxygen atoms in total. The molecule has 1 aliphatic carbocycles. The van der Waals surface area contributed by atoms with E-state index in [2.05, 4.69) is 84.9 Å². The summed E-state index contributed by atoms with van der Waals surface area (Å²) < 4.78 is 5.54. The summed E-state index contributed by atoms with van der Waals surface area (Å²) in [4.78, 5) is 0. The van der Waals surface area contributed by atoms with Crippen LogP contribution >= 0.6 is 0 Å². The normalized spacial score (nSPS) is 14.9. The van der Waals surface area contributed by atoms with Crippen molar-refractivity contribution in [3.63, 3.8) is 0 Å². The third-order valence-electron chi connectivity index (χ3n) is 4.96. The van der Waals surface area contributed by atoms with Gasteiger partial charge in [-0.25, -0.2) is 0 Å². The van der Waals surface area contributed by atoms with Crippen molar-refractivity contribution >= 4 is 6.08 Å². The number of hydrogen-bond donors (Lipinski definition) is 0. The summed E-state index contributed by atoms with van der Waals surface area (Å²) in [6.07, 6.45) is 5.49. The van der Waals surface area contributed by atoms with Gasteiger partial charge in [0.1, 0.15) is 5.75 Å². The molecule has 0 atom stereocenters. The highest BCUT2D eigenvalue weighted by Crippen LogP contribution is 2.43. The largest absolute Gasteiger partial charge is 0.496 e. The molecule has 0 unspecified atom stereocenters. The number of benzene rings is 3. The molecule has 4 rings (SSSR count). The first kappa shape index (κ1) is 14.8. The topological polar surface area (TPSA) is 9.23 Å². The molecule has 1 aliphatic rings. The average molecular weight is 312 g/mol. The molecule has 0 aliphatic heterocycles. The first-order valence-corrected chi connectivity index (χ1v) is 8.30. The number of fused-ring (bicyclic) bond motifs is 1. The maximum absolute atomic E-state index is 5.54. The molecule has 0 bridgehead atoms. The zero-order valence-electron chi connectivity index (χ0n) is 13.8. The van der Waals surface area contributed by atoms with Crippen LogP contribution in [0.4, 0.5) is 0 Å². The Morgan fingerprint density at radius 2 is 1.38 bits per heavy atom. The second-order valence-corrected chi connectivity index (χ2v) is 6.25. The second-order valence-electron chi connectivity index (χ2n) is 6.25. The van der Waals surface area contributed by atoms with Gasteiger partial charge in [-0.1, -0.05) is 84.9 Å². The molecule has 0 amide bonds. The van der Waals surface area contributed by atoms with E-state index in [-0.39, 0.29) is 5.41 Å². The molecule has 0 aromatic heterocycles. The summed E-state index contributed by atoms with van der Waals surface area (Å²) in [5.74, 6) is 0.943. The number of hydrogen-bond acceptors (Lipinski definition) is 1. The first-order valence-electron chi connectivity index (χ1n) is 8.30. The third-order valence-corrected chi connectivity index (χ3v) is 4.96. The van der Waals surface area contributed by atoms with E-state index in [9.17, 15) is 0 Å². The predicted octanol–water partition coefficient (Wildman–Crippen LogP) is 5.25. The van der Waals surface area contributed by atoms with Gasteiger partial charge in [0.05, 0.1) is 7.11 Å². The van der Waals surface area contributed by atoms with Crippen LogP contribution in [0.1, 0.15) is 22.3 Å². The van der Waals surface area contributed by atoms with Crippen molar-refractivity contribution in [1.29, 1.82) is 0 Å². The van der Waals surface area contributed by atoms with E-state index in [0.29, 0.717) is 0 Å². The van der Waals surface area contributed by atoms with Crippen molar-refractivity contribution in [3.05, 3.63) is 107 Å². The van der Waals surface area contributed by atoms with Gasteiger partial charge < -0.3 is 4.74 Å². The molecule has 0 radical (unpaired) electrons. The molecule has 0 heterocycles. The quantitative estimate of drug-likeness (QED) is 0.642. The second kappa shape index (κ2) is 6.01. The average Bonchev–Trinajstić information content (AvgIpc) is 2.68. The van der Waals surface area contributed by atoms with Gasteiger partial charge in [-0.05, 0) is 29.2 Å². The number of ether oxygens (including phenoxy) is 1. The molecule has 3 aromatic rings. The maximum atomic E-state index is 5.54. The van der Waals surface area contributed by atoms with Gasteiger partial charge in [0, 0.05) is 11.0 Å². The minimum absolute atomic E-state index is 0.137. The fourth-order valence-electron chi connectivity index (χ4n) is 3.73. The molecule has 0 spiro atoms. The summed E-state index contributed by atoms with van der Waals surface area (Å²) >= 11 is 0. The van der Waals surface area contributed by atoms with Crippen LogP contribution in [0, 0.1) is 0 Å². The van der Waals surface area contributed by atoms with Crippen molar-refractivity contribution in [1.82, 2.24) is 0 Å². The van der Waals surface area contributed by atoms with Crippen molar-refractivity contribution in [2.75, 3.05) is 7.11 Å². The van der Waals surface area contributed by atoms with Crippen LogP contribution < -0.4 is 4.74 Å². The summed E-state index contributed by atoms with van der Waals surface area (Å²) in [5, 5.41) is 0. The lowest BCUT2D eigenvalue weighted by Gasteiger charge is -2.36. The lowest BCUT2D eigenvalue weighted by Crippen LogP contribution is -2.30. The van der Waals surface area contributed by atoms with Crippen LogP contribution in [0.15, 0.2) is 84.9 Å². The fourth-order valence-corrected chi connectivity index (χ4v) is 3.73. The van der Waals surface area contributed by atoms with E-state index < -0.39 is 0 Å². The highest BCUT2D eigenvalue weighted by atomic mass is 16.5. The summed E-state index contributed by atoms with van der Waals surface area (Å²) in [6, 6.07) is 27.8. The predicted molar refractivity (Wildman–Crippen MR) is 99.4 cm³/mol. The molecule has 0 fully saturated rings. The van der Waals surface area contributed by atoms with Crippen LogP contribution in [0.3, 0.4) is 0 Å². The van der Waals surface area contributed by atoms with E-state index in [1.165, 1.54) is 22.3 Å². The first-order chi connectivity index (χ1) is 11.8. The van der Waals surface area contributed by atoms with Crippen LogP contribution in [0.2, 0.25) is 0 Å². The van der Waals surface area contributed by atoms with Crippen LogP contribution in [0.5, 0.6) is 5.75 Å². The van der Waals surface area contributed by atoms with Crippen LogP contribution in [-0.2, 0) is 11.8 Å². The Labute approximate surface area is 143 Å². The molecular weight excluding hydrogens is 292 g/mol. The number of methoxy groups -OCH3 is 1. The highest BCUT2D eigenvalue weighted by Gasteiger charge is 2.35. The lowest BCUT2D eigenvalue weighted by molar-refractivity contribution is 0.412. The van der Waals surface area contributed by atoms with Crippen molar-refractivity contribution in [3.8, 4) is 5.75 Å². The monoisotopic (exact) mass is 312 g/mol. The minimum Gasteiger partial charge on any atom is -0.496 e. The molecule has 0 saturated heterocycles. The van der Waals surface area contributed by atoms with Crippen molar-refractivity contribution < 1.29 is 4.74 Å². The Balaban J connectivity index is 1.92. The maximum Gasteiger partial charge on any atom is 0.126 e. The van der Waals surface area contributed by atoms with Crippen LogP contribution in [-0.4, -0.2) is 7.11 Å². The SMILES string of the molecule is COc1cccc2c1C=CC(c1ccccc1)(c1ccccc1)C2. The van der Waals surface area contributed by atoms with E-state index in [1.54, 1.807) is 7.11 Å². The van der Waals surface area contributed by atoms with E-state index >= 15 is 0 Å². The van der Waals surface area contributed by atoms with Gasteiger partial charge in [0.25, 0.3) is 0 Å². The van der Waals surface area contributed by atoms with Crippen molar-refractivity contribution in [2.24, 2.45) is 0 Å². The Morgan fingerprint density at radius 3 is 1.96 bits per heavy atom. The zero-order valence-corrected chi connectivity index (χ0v) is 13.8. The molecule has 3 aromatic carbocycles. The van der Waals surface area contributed by atoms with Gasteiger partial charge in [-0.2, -0.15) is 0 Å². The minimum atomic E-state index is -0.137. The summed E-state index contributed by atoms with van der Waals surface area (Å²) in [5.41, 5.74) is 5.02. The molecule has 1 heteroatoms.